The summed E-state index contributed by atoms with van der Waals surface area (Å²) >= 11 is 0. The molecule has 0 amide bonds. The van der Waals surface area contributed by atoms with Crippen LogP contribution in [-0.4, -0.2) is 63.0 Å². The van der Waals surface area contributed by atoms with Crippen molar-refractivity contribution in [1.82, 2.24) is 19.0 Å². The molecule has 0 radical (unpaired) electrons. The van der Waals surface area contributed by atoms with E-state index in [1.54, 1.807) is 19.4 Å². The van der Waals surface area contributed by atoms with Crippen molar-refractivity contribution in [2.24, 2.45) is 5.92 Å². The Bertz CT molecular complexity index is 623. The van der Waals surface area contributed by atoms with Crippen LogP contribution in [0.1, 0.15) is 19.8 Å². The van der Waals surface area contributed by atoms with E-state index < -0.39 is 10.2 Å². The fourth-order valence-electron chi connectivity index (χ4n) is 2.73. The van der Waals surface area contributed by atoms with Crippen LogP contribution in [-0.2, 0) is 10.2 Å². The SMILES string of the molecule is CCC[C@H]1CN(c2nccc(OC)n2)C[C@@H]1NS(=O)(=O)N(C)C. The first-order valence-electron chi connectivity index (χ1n) is 7.69. The van der Waals surface area contributed by atoms with Gasteiger partial charge >= 0.3 is 0 Å². The first kappa shape index (κ1) is 17.9. The van der Waals surface area contributed by atoms with Gasteiger partial charge in [-0.05, 0) is 12.3 Å². The summed E-state index contributed by atoms with van der Waals surface area (Å²) in [7, 11) is 1.15. The normalized spacial score (nSPS) is 21.9. The topological polar surface area (TPSA) is 87.7 Å². The lowest BCUT2D eigenvalue weighted by Crippen LogP contribution is -2.45. The van der Waals surface area contributed by atoms with Gasteiger partial charge in [-0.2, -0.15) is 22.4 Å². The van der Waals surface area contributed by atoms with Crippen molar-refractivity contribution in [3.63, 3.8) is 0 Å². The standard InChI is InChI=1S/C14H25N5O3S/c1-5-6-11-9-19(14-15-8-7-13(16-14)22-4)10-12(11)17-23(20,21)18(2)3/h7-8,11-12,17H,5-6,9-10H2,1-4H3/t11-,12-/m0/s1. The summed E-state index contributed by atoms with van der Waals surface area (Å²) in [6, 6.07) is 1.53. The number of ether oxygens (including phenoxy) is 1. The molecule has 130 valence electrons. The minimum atomic E-state index is -3.46. The van der Waals surface area contributed by atoms with Crippen molar-refractivity contribution >= 4 is 16.2 Å². The molecule has 0 bridgehead atoms. The van der Waals surface area contributed by atoms with Crippen molar-refractivity contribution in [2.75, 3.05) is 39.2 Å². The molecule has 1 fully saturated rings. The Hall–Kier alpha value is -1.45. The van der Waals surface area contributed by atoms with Gasteiger partial charge in [0.1, 0.15) is 0 Å². The van der Waals surface area contributed by atoms with Gasteiger partial charge in [-0.1, -0.05) is 13.3 Å². The van der Waals surface area contributed by atoms with Gasteiger partial charge < -0.3 is 9.64 Å². The van der Waals surface area contributed by atoms with Gasteiger partial charge in [-0.15, -0.1) is 0 Å². The summed E-state index contributed by atoms with van der Waals surface area (Å²) in [5.74, 6) is 1.29. The van der Waals surface area contributed by atoms with E-state index >= 15 is 0 Å². The summed E-state index contributed by atoms with van der Waals surface area (Å²) in [6.45, 7) is 3.37. The average molecular weight is 343 g/mol. The second kappa shape index (κ2) is 7.41. The molecular formula is C14H25N5O3S. The maximum atomic E-state index is 12.1. The molecule has 1 aliphatic rings. The smallest absolute Gasteiger partial charge is 0.279 e. The number of hydrogen-bond acceptors (Lipinski definition) is 6. The predicted molar refractivity (Wildman–Crippen MR) is 88.7 cm³/mol. The zero-order valence-electron chi connectivity index (χ0n) is 14.1. The molecule has 0 unspecified atom stereocenters. The van der Waals surface area contributed by atoms with E-state index in [-0.39, 0.29) is 12.0 Å². The Morgan fingerprint density at radius 3 is 2.78 bits per heavy atom. The molecule has 0 saturated carbocycles. The van der Waals surface area contributed by atoms with Crippen LogP contribution in [0.25, 0.3) is 0 Å². The minimum Gasteiger partial charge on any atom is -0.481 e. The molecular weight excluding hydrogens is 318 g/mol. The quantitative estimate of drug-likeness (QED) is 0.775. The van der Waals surface area contributed by atoms with Crippen molar-refractivity contribution in [2.45, 2.75) is 25.8 Å². The summed E-state index contributed by atoms with van der Waals surface area (Å²) in [6.07, 6.45) is 3.59. The highest BCUT2D eigenvalue weighted by molar-refractivity contribution is 7.87. The van der Waals surface area contributed by atoms with Crippen LogP contribution in [0.4, 0.5) is 5.95 Å². The second-order valence-corrected chi connectivity index (χ2v) is 7.78. The van der Waals surface area contributed by atoms with Crippen molar-refractivity contribution in [1.29, 1.82) is 0 Å². The van der Waals surface area contributed by atoms with Gasteiger partial charge in [0, 0.05) is 45.5 Å². The fraction of sp³-hybridized carbons (Fsp3) is 0.714. The van der Waals surface area contributed by atoms with Crippen LogP contribution in [0.5, 0.6) is 5.88 Å². The lowest BCUT2D eigenvalue weighted by atomic mass is 9.99. The van der Waals surface area contributed by atoms with Gasteiger partial charge in [0.15, 0.2) is 0 Å². The van der Waals surface area contributed by atoms with Crippen LogP contribution in [0.3, 0.4) is 0 Å². The van der Waals surface area contributed by atoms with Gasteiger partial charge in [-0.25, -0.2) is 4.98 Å². The van der Waals surface area contributed by atoms with E-state index in [0.29, 0.717) is 18.4 Å². The molecule has 2 atom stereocenters. The molecule has 23 heavy (non-hydrogen) atoms. The third-order valence-electron chi connectivity index (χ3n) is 3.99. The van der Waals surface area contributed by atoms with Crippen LogP contribution in [0.15, 0.2) is 12.3 Å². The molecule has 1 aliphatic heterocycles. The van der Waals surface area contributed by atoms with Crippen molar-refractivity contribution in [3.05, 3.63) is 12.3 Å². The second-order valence-electron chi connectivity index (χ2n) is 5.86. The maximum absolute atomic E-state index is 12.1. The van der Waals surface area contributed by atoms with E-state index in [2.05, 4.69) is 21.6 Å². The van der Waals surface area contributed by atoms with Crippen molar-refractivity contribution in [3.8, 4) is 5.88 Å². The Balaban J connectivity index is 2.17. The van der Waals surface area contributed by atoms with Crippen LogP contribution >= 0.6 is 0 Å². The van der Waals surface area contributed by atoms with Crippen LogP contribution < -0.4 is 14.4 Å². The number of aromatic nitrogens is 2. The summed E-state index contributed by atoms with van der Waals surface area (Å²) in [5, 5.41) is 0. The Morgan fingerprint density at radius 2 is 2.17 bits per heavy atom. The van der Waals surface area contributed by atoms with Gasteiger partial charge in [0.25, 0.3) is 10.2 Å². The molecule has 9 heteroatoms. The summed E-state index contributed by atoms with van der Waals surface area (Å²) in [4.78, 5) is 10.6. The molecule has 2 heterocycles. The third kappa shape index (κ3) is 4.30. The van der Waals surface area contributed by atoms with Crippen molar-refractivity contribution < 1.29 is 13.2 Å². The number of rotatable bonds is 7. The molecule has 1 N–H and O–H groups in total. The third-order valence-corrected chi connectivity index (χ3v) is 5.55. The Kier molecular flexibility index (Phi) is 5.77. The highest BCUT2D eigenvalue weighted by Crippen LogP contribution is 2.26. The van der Waals surface area contributed by atoms with E-state index in [9.17, 15) is 8.42 Å². The number of anilines is 1. The molecule has 2 rings (SSSR count). The fourth-order valence-corrected chi connectivity index (χ4v) is 3.59. The predicted octanol–water partition coefficient (Wildman–Crippen LogP) is 0.486. The molecule has 0 spiro atoms. The highest BCUT2D eigenvalue weighted by Gasteiger charge is 2.36. The highest BCUT2D eigenvalue weighted by atomic mass is 32.2. The van der Waals surface area contributed by atoms with Gasteiger partial charge in [0.05, 0.1) is 7.11 Å². The summed E-state index contributed by atoms with van der Waals surface area (Å²) < 4.78 is 33.4. The largest absolute Gasteiger partial charge is 0.481 e. The number of nitrogens with zero attached hydrogens (tertiary/aromatic N) is 4. The van der Waals surface area contributed by atoms with Gasteiger partial charge in [-0.3, -0.25) is 0 Å². The first-order valence-corrected chi connectivity index (χ1v) is 9.13. The zero-order chi connectivity index (χ0) is 17.0. The average Bonchev–Trinajstić information content (AvgIpc) is 2.90. The Labute approximate surface area is 138 Å². The van der Waals surface area contributed by atoms with E-state index in [1.807, 2.05) is 4.90 Å². The monoisotopic (exact) mass is 343 g/mol. The lowest BCUT2D eigenvalue weighted by Gasteiger charge is -2.21. The molecule has 1 saturated heterocycles. The molecule has 8 nitrogen and oxygen atoms in total. The molecule has 0 aromatic carbocycles. The number of methoxy groups -OCH3 is 1. The molecule has 1 aromatic rings. The minimum absolute atomic E-state index is 0.155. The summed E-state index contributed by atoms with van der Waals surface area (Å²) in [5.41, 5.74) is 0. The molecule has 0 aliphatic carbocycles. The van der Waals surface area contributed by atoms with Gasteiger partial charge in [0.2, 0.25) is 11.8 Å². The number of nitrogens with one attached hydrogen (secondary N) is 1. The maximum Gasteiger partial charge on any atom is 0.279 e. The number of hydrogen-bond donors (Lipinski definition) is 1. The molecule has 1 aromatic heterocycles. The van der Waals surface area contributed by atoms with Crippen LogP contribution in [0.2, 0.25) is 0 Å². The Morgan fingerprint density at radius 1 is 1.43 bits per heavy atom. The van der Waals surface area contributed by atoms with E-state index in [0.717, 1.165) is 19.4 Å². The van der Waals surface area contributed by atoms with E-state index in [4.69, 9.17) is 4.74 Å². The first-order chi connectivity index (χ1) is 10.9. The van der Waals surface area contributed by atoms with Crippen LogP contribution in [0, 0.1) is 5.92 Å². The lowest BCUT2D eigenvalue weighted by molar-refractivity contribution is 0.397. The zero-order valence-corrected chi connectivity index (χ0v) is 14.9. The van der Waals surface area contributed by atoms with E-state index in [1.165, 1.54) is 18.4 Å².